The van der Waals surface area contributed by atoms with Crippen LogP contribution in [0.3, 0.4) is 0 Å². The number of aromatic nitrogens is 3. The lowest BCUT2D eigenvalue weighted by Crippen LogP contribution is -2.35. The molecular weight excluding hydrogens is 320 g/mol. The summed E-state index contributed by atoms with van der Waals surface area (Å²) in [6.45, 7) is 0.818. The molecule has 1 amide bonds. The Hall–Kier alpha value is -2.25. The first-order valence-corrected chi connectivity index (χ1v) is 8.93. The third kappa shape index (κ3) is 2.30. The van der Waals surface area contributed by atoms with Crippen molar-refractivity contribution in [2.45, 2.75) is 43.8 Å². The fourth-order valence-electron chi connectivity index (χ4n) is 4.07. The maximum absolute atomic E-state index is 12.3. The number of hydrogen-bond donors (Lipinski definition) is 1. The van der Waals surface area contributed by atoms with E-state index in [9.17, 15) is 4.79 Å². The molecule has 1 aromatic carbocycles. The van der Waals surface area contributed by atoms with Crippen molar-refractivity contribution in [3.8, 4) is 5.69 Å². The molecule has 0 unspecified atom stereocenters. The van der Waals surface area contributed by atoms with Gasteiger partial charge < -0.3 is 14.8 Å². The number of benzene rings is 1. The zero-order chi connectivity index (χ0) is 16.9. The summed E-state index contributed by atoms with van der Waals surface area (Å²) in [5, 5.41) is 11.5. The number of ether oxygens (including phenoxy) is 2. The van der Waals surface area contributed by atoms with Gasteiger partial charge in [0.25, 0.3) is 11.7 Å². The van der Waals surface area contributed by atoms with Crippen LogP contribution in [-0.2, 0) is 20.1 Å². The molecule has 2 aromatic rings. The number of carbonyl (C=O) groups excluding carboxylic acids is 1. The average Bonchev–Trinajstić information content (AvgIpc) is 3.38. The largest absolute Gasteiger partial charge is 0.336 e. The summed E-state index contributed by atoms with van der Waals surface area (Å²) in [5.41, 5.74) is 3.34. The van der Waals surface area contributed by atoms with E-state index in [-0.39, 0.29) is 5.91 Å². The maximum Gasteiger partial charge on any atom is 0.289 e. The summed E-state index contributed by atoms with van der Waals surface area (Å²) >= 11 is 0. The normalized spacial score (nSPS) is 22.3. The third-order valence-corrected chi connectivity index (χ3v) is 5.40. The Labute approximate surface area is 145 Å². The Bertz CT molecular complexity index is 819. The first-order chi connectivity index (χ1) is 12.3. The number of hydrogen-bond acceptors (Lipinski definition) is 5. The Morgan fingerprint density at radius 3 is 2.76 bits per heavy atom. The summed E-state index contributed by atoms with van der Waals surface area (Å²) in [6, 6.07) is 5.69. The van der Waals surface area contributed by atoms with Gasteiger partial charge in [0.2, 0.25) is 0 Å². The molecule has 0 bridgehead atoms. The molecule has 130 valence electrons. The number of nitrogens with one attached hydrogen (secondary N) is 1. The van der Waals surface area contributed by atoms with Crippen molar-refractivity contribution in [3.05, 3.63) is 35.7 Å². The highest BCUT2D eigenvalue weighted by atomic mass is 16.7. The van der Waals surface area contributed by atoms with Gasteiger partial charge in [-0.25, -0.2) is 4.68 Å². The van der Waals surface area contributed by atoms with Crippen LogP contribution in [0.5, 0.6) is 0 Å². The fraction of sp³-hybridized carbons (Fsp3) is 0.500. The van der Waals surface area contributed by atoms with E-state index in [1.807, 2.05) is 24.4 Å². The van der Waals surface area contributed by atoms with Crippen LogP contribution in [0.2, 0.25) is 0 Å². The van der Waals surface area contributed by atoms with Gasteiger partial charge in [-0.05, 0) is 31.0 Å². The molecule has 5 rings (SSSR count). The van der Waals surface area contributed by atoms with E-state index in [0.717, 1.165) is 17.1 Å². The highest BCUT2D eigenvalue weighted by Crippen LogP contribution is 2.43. The summed E-state index contributed by atoms with van der Waals surface area (Å²) in [5.74, 6) is -1.07. The minimum Gasteiger partial charge on any atom is -0.336 e. The third-order valence-electron chi connectivity index (χ3n) is 5.40. The average molecular weight is 340 g/mol. The number of amides is 1. The molecule has 1 N–H and O–H groups in total. The summed E-state index contributed by atoms with van der Waals surface area (Å²) in [7, 11) is 0. The Morgan fingerprint density at radius 1 is 1.16 bits per heavy atom. The topological polar surface area (TPSA) is 78.3 Å². The predicted octanol–water partition coefficient (Wildman–Crippen LogP) is 2.47. The van der Waals surface area contributed by atoms with Crippen molar-refractivity contribution in [1.82, 2.24) is 15.0 Å². The Morgan fingerprint density at radius 2 is 1.96 bits per heavy atom. The highest BCUT2D eigenvalue weighted by molar-refractivity contribution is 6.04. The van der Waals surface area contributed by atoms with Crippen molar-refractivity contribution >= 4 is 11.6 Å². The van der Waals surface area contributed by atoms with Gasteiger partial charge in [-0.3, -0.25) is 4.79 Å². The molecule has 7 nitrogen and oxygen atoms in total. The van der Waals surface area contributed by atoms with Gasteiger partial charge in [0.1, 0.15) is 0 Å². The van der Waals surface area contributed by atoms with Crippen LogP contribution >= 0.6 is 0 Å². The van der Waals surface area contributed by atoms with Gasteiger partial charge >= 0.3 is 0 Å². The van der Waals surface area contributed by atoms with Gasteiger partial charge in [-0.1, -0.05) is 24.5 Å². The molecule has 1 aromatic heterocycles. The van der Waals surface area contributed by atoms with E-state index in [0.29, 0.717) is 24.7 Å². The first kappa shape index (κ1) is 15.0. The fourth-order valence-corrected chi connectivity index (χ4v) is 4.07. The first-order valence-electron chi connectivity index (χ1n) is 8.93. The number of carbonyl (C=O) groups is 1. The van der Waals surface area contributed by atoms with Crippen LogP contribution < -0.4 is 5.32 Å². The SMILES string of the molecule is O=C1Nc2ccc(-n3cc(C4CCCCC4)nn3)cc2C12OCCO2. The quantitative estimate of drug-likeness (QED) is 0.908. The van der Waals surface area contributed by atoms with Crippen LogP contribution in [0.4, 0.5) is 5.69 Å². The molecule has 1 saturated carbocycles. The van der Waals surface area contributed by atoms with Gasteiger partial charge in [0, 0.05) is 11.5 Å². The minimum atomic E-state index is -1.31. The molecule has 1 saturated heterocycles. The van der Waals surface area contributed by atoms with E-state index < -0.39 is 5.79 Å². The summed E-state index contributed by atoms with van der Waals surface area (Å²) < 4.78 is 13.1. The van der Waals surface area contributed by atoms with Crippen LogP contribution in [0.25, 0.3) is 5.69 Å². The Balaban J connectivity index is 1.49. The van der Waals surface area contributed by atoms with Crippen LogP contribution in [0, 0.1) is 0 Å². The summed E-state index contributed by atoms with van der Waals surface area (Å²) in [4.78, 5) is 12.3. The molecule has 0 radical (unpaired) electrons. The van der Waals surface area contributed by atoms with E-state index in [1.54, 1.807) is 4.68 Å². The molecule has 0 atom stereocenters. The molecule has 2 fully saturated rings. The summed E-state index contributed by atoms with van der Waals surface area (Å²) in [6.07, 6.45) is 8.23. The molecule has 3 heterocycles. The highest BCUT2D eigenvalue weighted by Gasteiger charge is 2.52. The number of nitrogens with zero attached hydrogens (tertiary/aromatic N) is 3. The lowest BCUT2D eigenvalue weighted by molar-refractivity contribution is -0.178. The second-order valence-electron chi connectivity index (χ2n) is 6.92. The van der Waals surface area contributed by atoms with E-state index >= 15 is 0 Å². The molecule has 25 heavy (non-hydrogen) atoms. The number of rotatable bonds is 2. The number of fused-ring (bicyclic) bond motifs is 2. The standard InChI is InChI=1S/C18H20N4O3/c23-17-18(24-8-9-25-18)14-10-13(6-7-15(14)19-17)22-11-16(20-21-22)12-4-2-1-3-5-12/h6-7,10-12H,1-5,8-9H2,(H,19,23). The molecule has 2 aliphatic heterocycles. The van der Waals surface area contributed by atoms with Crippen molar-refractivity contribution in [3.63, 3.8) is 0 Å². The van der Waals surface area contributed by atoms with Crippen molar-refractivity contribution in [2.75, 3.05) is 18.5 Å². The van der Waals surface area contributed by atoms with Crippen LogP contribution in [0.15, 0.2) is 24.4 Å². The molecule has 1 aliphatic carbocycles. The smallest absolute Gasteiger partial charge is 0.289 e. The zero-order valence-electron chi connectivity index (χ0n) is 13.9. The number of anilines is 1. The predicted molar refractivity (Wildman–Crippen MR) is 89.4 cm³/mol. The lowest BCUT2D eigenvalue weighted by Gasteiger charge is -2.19. The molecule has 3 aliphatic rings. The van der Waals surface area contributed by atoms with E-state index in [1.165, 1.54) is 32.1 Å². The van der Waals surface area contributed by atoms with Crippen molar-refractivity contribution in [1.29, 1.82) is 0 Å². The van der Waals surface area contributed by atoms with E-state index in [2.05, 4.69) is 15.6 Å². The van der Waals surface area contributed by atoms with Crippen molar-refractivity contribution in [2.24, 2.45) is 0 Å². The second-order valence-corrected chi connectivity index (χ2v) is 6.92. The zero-order valence-corrected chi connectivity index (χ0v) is 13.9. The van der Waals surface area contributed by atoms with Crippen LogP contribution in [-0.4, -0.2) is 34.1 Å². The van der Waals surface area contributed by atoms with Crippen LogP contribution in [0.1, 0.15) is 49.3 Å². The van der Waals surface area contributed by atoms with Crippen molar-refractivity contribution < 1.29 is 14.3 Å². The van der Waals surface area contributed by atoms with Gasteiger partial charge in [0.05, 0.1) is 36.5 Å². The second kappa shape index (κ2) is 5.64. The van der Waals surface area contributed by atoms with Gasteiger partial charge in [0.15, 0.2) is 0 Å². The lowest BCUT2D eigenvalue weighted by atomic mass is 9.87. The maximum atomic E-state index is 12.3. The molecular formula is C18H20N4O3. The van der Waals surface area contributed by atoms with Gasteiger partial charge in [-0.15, -0.1) is 5.10 Å². The van der Waals surface area contributed by atoms with Gasteiger partial charge in [-0.2, -0.15) is 0 Å². The monoisotopic (exact) mass is 340 g/mol. The van der Waals surface area contributed by atoms with E-state index in [4.69, 9.17) is 9.47 Å². The molecule has 1 spiro atoms. The molecule has 7 heteroatoms. The minimum absolute atomic E-state index is 0.265. The Kier molecular flexibility index (Phi) is 3.39.